The highest BCUT2D eigenvalue weighted by Gasteiger charge is 2.03. The van der Waals surface area contributed by atoms with Crippen molar-refractivity contribution in [3.05, 3.63) is 23.8 Å². The van der Waals surface area contributed by atoms with Crippen LogP contribution in [0.5, 0.6) is 0 Å². The Morgan fingerprint density at radius 2 is 2.33 bits per heavy atom. The molecular formula is C10H11N3O2. The van der Waals surface area contributed by atoms with E-state index in [4.69, 9.17) is 5.11 Å². The number of carbonyl (C=O) groups is 1. The van der Waals surface area contributed by atoms with Gasteiger partial charge < -0.3 is 5.11 Å². The molecule has 0 saturated heterocycles. The van der Waals surface area contributed by atoms with Crippen molar-refractivity contribution in [2.24, 2.45) is 7.05 Å². The van der Waals surface area contributed by atoms with E-state index in [9.17, 15) is 4.79 Å². The average molecular weight is 205 g/mol. The van der Waals surface area contributed by atoms with E-state index in [1.807, 2.05) is 25.2 Å². The monoisotopic (exact) mass is 205 g/mol. The van der Waals surface area contributed by atoms with E-state index in [-0.39, 0.29) is 6.42 Å². The van der Waals surface area contributed by atoms with Gasteiger partial charge in [0, 0.05) is 13.5 Å². The third-order valence-corrected chi connectivity index (χ3v) is 2.30. The minimum Gasteiger partial charge on any atom is -0.481 e. The van der Waals surface area contributed by atoms with Crippen LogP contribution in [0.1, 0.15) is 12.0 Å². The second-order valence-electron chi connectivity index (χ2n) is 3.43. The van der Waals surface area contributed by atoms with E-state index in [2.05, 4.69) is 10.3 Å². The van der Waals surface area contributed by atoms with Crippen LogP contribution in [0.3, 0.4) is 0 Å². The molecule has 0 bridgehead atoms. The number of aryl methyl sites for hydroxylation is 2. The Kier molecular flexibility index (Phi) is 2.37. The Balaban J connectivity index is 2.27. The summed E-state index contributed by atoms with van der Waals surface area (Å²) in [7, 11) is 1.83. The smallest absolute Gasteiger partial charge is 0.303 e. The van der Waals surface area contributed by atoms with Crippen molar-refractivity contribution in [2.45, 2.75) is 12.8 Å². The van der Waals surface area contributed by atoms with Gasteiger partial charge >= 0.3 is 5.97 Å². The quantitative estimate of drug-likeness (QED) is 0.811. The molecule has 0 radical (unpaired) electrons. The maximum Gasteiger partial charge on any atom is 0.303 e. The number of aliphatic carboxylic acids is 1. The first-order valence-corrected chi connectivity index (χ1v) is 4.67. The summed E-state index contributed by atoms with van der Waals surface area (Å²) < 4.78 is 1.69. The number of aromatic nitrogens is 3. The zero-order chi connectivity index (χ0) is 10.8. The second kappa shape index (κ2) is 3.68. The highest BCUT2D eigenvalue weighted by molar-refractivity contribution is 5.75. The van der Waals surface area contributed by atoms with Crippen molar-refractivity contribution in [3.8, 4) is 0 Å². The van der Waals surface area contributed by atoms with Crippen LogP contribution < -0.4 is 0 Å². The van der Waals surface area contributed by atoms with Crippen molar-refractivity contribution in [1.82, 2.24) is 15.0 Å². The standard InChI is InChI=1S/C10H11N3O2/c1-13-9-4-2-7(3-5-10(14)15)6-8(9)11-12-13/h2,4,6H,3,5H2,1H3,(H,14,15). The van der Waals surface area contributed by atoms with Gasteiger partial charge in [0.1, 0.15) is 5.52 Å². The van der Waals surface area contributed by atoms with Crippen LogP contribution in [0.4, 0.5) is 0 Å². The summed E-state index contributed by atoms with van der Waals surface area (Å²) in [5.41, 5.74) is 2.74. The molecule has 1 aromatic heterocycles. The predicted molar refractivity (Wildman–Crippen MR) is 54.5 cm³/mol. The first-order chi connectivity index (χ1) is 7.16. The maximum absolute atomic E-state index is 10.4. The lowest BCUT2D eigenvalue weighted by atomic mass is 10.1. The molecular weight excluding hydrogens is 194 g/mol. The molecule has 2 aromatic rings. The maximum atomic E-state index is 10.4. The van der Waals surface area contributed by atoms with E-state index in [0.29, 0.717) is 6.42 Å². The molecule has 2 rings (SSSR count). The molecule has 15 heavy (non-hydrogen) atoms. The van der Waals surface area contributed by atoms with Gasteiger partial charge in [0.15, 0.2) is 0 Å². The van der Waals surface area contributed by atoms with Gasteiger partial charge in [-0.15, -0.1) is 5.10 Å². The molecule has 0 spiro atoms. The Labute approximate surface area is 86.3 Å². The Morgan fingerprint density at radius 1 is 1.53 bits per heavy atom. The normalized spacial score (nSPS) is 10.7. The van der Waals surface area contributed by atoms with Crippen molar-refractivity contribution < 1.29 is 9.90 Å². The fourth-order valence-electron chi connectivity index (χ4n) is 1.49. The van der Waals surface area contributed by atoms with Crippen LogP contribution in [0.2, 0.25) is 0 Å². The summed E-state index contributed by atoms with van der Waals surface area (Å²) >= 11 is 0. The van der Waals surface area contributed by atoms with Crippen molar-refractivity contribution in [2.75, 3.05) is 0 Å². The van der Waals surface area contributed by atoms with E-state index >= 15 is 0 Å². The number of carboxylic acid groups (broad SMARTS) is 1. The van der Waals surface area contributed by atoms with Crippen LogP contribution in [-0.4, -0.2) is 26.1 Å². The zero-order valence-electron chi connectivity index (χ0n) is 8.34. The highest BCUT2D eigenvalue weighted by Crippen LogP contribution is 2.13. The summed E-state index contributed by atoms with van der Waals surface area (Å²) in [6.07, 6.45) is 0.674. The largest absolute Gasteiger partial charge is 0.481 e. The van der Waals surface area contributed by atoms with E-state index in [1.165, 1.54) is 0 Å². The lowest BCUT2D eigenvalue weighted by molar-refractivity contribution is -0.136. The van der Waals surface area contributed by atoms with Crippen LogP contribution >= 0.6 is 0 Å². The average Bonchev–Trinajstić information content (AvgIpc) is 2.57. The molecule has 0 aliphatic carbocycles. The molecule has 0 aliphatic rings. The molecule has 0 unspecified atom stereocenters. The fourth-order valence-corrected chi connectivity index (χ4v) is 1.49. The number of hydrogen-bond acceptors (Lipinski definition) is 3. The predicted octanol–water partition coefficient (Wildman–Crippen LogP) is 0.986. The van der Waals surface area contributed by atoms with Crippen LogP contribution in [0.25, 0.3) is 11.0 Å². The molecule has 0 atom stereocenters. The summed E-state index contributed by atoms with van der Waals surface area (Å²) in [5, 5.41) is 16.4. The number of hydrogen-bond donors (Lipinski definition) is 1. The molecule has 1 N–H and O–H groups in total. The van der Waals surface area contributed by atoms with Crippen molar-refractivity contribution in [3.63, 3.8) is 0 Å². The molecule has 1 heterocycles. The molecule has 0 saturated carbocycles. The van der Waals surface area contributed by atoms with Gasteiger partial charge in [-0.2, -0.15) is 0 Å². The fraction of sp³-hybridized carbons (Fsp3) is 0.300. The molecule has 5 nitrogen and oxygen atoms in total. The topological polar surface area (TPSA) is 68.0 Å². The first kappa shape index (κ1) is 9.64. The Morgan fingerprint density at radius 3 is 3.07 bits per heavy atom. The number of rotatable bonds is 3. The van der Waals surface area contributed by atoms with Gasteiger partial charge in [0.25, 0.3) is 0 Å². The summed E-state index contributed by atoms with van der Waals surface area (Å²) in [6.45, 7) is 0. The summed E-state index contributed by atoms with van der Waals surface area (Å²) in [6, 6.07) is 5.70. The van der Waals surface area contributed by atoms with Gasteiger partial charge in [0.2, 0.25) is 0 Å². The summed E-state index contributed by atoms with van der Waals surface area (Å²) in [4.78, 5) is 10.4. The van der Waals surface area contributed by atoms with Crippen LogP contribution in [-0.2, 0) is 18.3 Å². The first-order valence-electron chi connectivity index (χ1n) is 4.67. The minimum atomic E-state index is -0.783. The van der Waals surface area contributed by atoms with Crippen LogP contribution in [0, 0.1) is 0 Å². The Bertz CT molecular complexity index is 504. The summed E-state index contributed by atoms with van der Waals surface area (Å²) in [5.74, 6) is -0.783. The molecule has 0 amide bonds. The number of nitrogens with zero attached hydrogens (tertiary/aromatic N) is 3. The molecule has 0 fully saturated rings. The molecule has 78 valence electrons. The van der Waals surface area contributed by atoms with Gasteiger partial charge in [-0.05, 0) is 24.1 Å². The SMILES string of the molecule is Cn1nnc2cc(CCC(=O)O)ccc21. The lowest BCUT2D eigenvalue weighted by Gasteiger charge is -1.98. The second-order valence-corrected chi connectivity index (χ2v) is 3.43. The van der Waals surface area contributed by atoms with Crippen molar-refractivity contribution >= 4 is 17.0 Å². The van der Waals surface area contributed by atoms with Gasteiger partial charge in [-0.25, -0.2) is 4.68 Å². The van der Waals surface area contributed by atoms with Gasteiger partial charge in [-0.3, -0.25) is 4.79 Å². The molecule has 1 aromatic carbocycles. The van der Waals surface area contributed by atoms with E-state index in [1.54, 1.807) is 4.68 Å². The molecule has 5 heteroatoms. The Hall–Kier alpha value is -1.91. The lowest BCUT2D eigenvalue weighted by Crippen LogP contribution is -1.97. The number of carboxylic acids is 1. The van der Waals surface area contributed by atoms with Gasteiger partial charge in [0.05, 0.1) is 5.52 Å². The number of benzene rings is 1. The minimum absolute atomic E-state index is 0.145. The zero-order valence-corrected chi connectivity index (χ0v) is 8.34. The third-order valence-electron chi connectivity index (χ3n) is 2.30. The molecule has 0 aliphatic heterocycles. The van der Waals surface area contributed by atoms with E-state index in [0.717, 1.165) is 16.6 Å². The van der Waals surface area contributed by atoms with E-state index < -0.39 is 5.97 Å². The van der Waals surface area contributed by atoms with Crippen molar-refractivity contribution in [1.29, 1.82) is 0 Å². The van der Waals surface area contributed by atoms with Gasteiger partial charge in [-0.1, -0.05) is 11.3 Å². The highest BCUT2D eigenvalue weighted by atomic mass is 16.4. The number of fused-ring (bicyclic) bond motifs is 1. The van der Waals surface area contributed by atoms with Crippen LogP contribution in [0.15, 0.2) is 18.2 Å². The third kappa shape index (κ3) is 1.96.